The quantitative estimate of drug-likeness (QED) is 0.769. The van der Waals surface area contributed by atoms with Crippen LogP contribution in [0, 0.1) is 11.6 Å². The molecule has 0 atom stereocenters. The SMILES string of the molecule is O=C(Cc1c(F)cccc1F)c1sccc1Cl. The van der Waals surface area contributed by atoms with Crippen LogP contribution >= 0.6 is 22.9 Å². The Morgan fingerprint density at radius 3 is 2.41 bits per heavy atom. The molecule has 1 aromatic heterocycles. The van der Waals surface area contributed by atoms with Crippen molar-refractivity contribution in [3.05, 3.63) is 56.7 Å². The third-order valence-electron chi connectivity index (χ3n) is 2.27. The van der Waals surface area contributed by atoms with Crippen LogP contribution in [-0.2, 0) is 6.42 Å². The maximum absolute atomic E-state index is 13.3. The van der Waals surface area contributed by atoms with Gasteiger partial charge in [-0.3, -0.25) is 4.79 Å². The minimum Gasteiger partial charge on any atom is -0.293 e. The van der Waals surface area contributed by atoms with E-state index in [0.29, 0.717) is 9.90 Å². The molecular weight excluding hydrogens is 266 g/mol. The lowest BCUT2D eigenvalue weighted by atomic mass is 10.1. The predicted octanol–water partition coefficient (Wildman–Crippen LogP) is 4.11. The van der Waals surface area contributed by atoms with E-state index in [0.717, 1.165) is 23.5 Å². The van der Waals surface area contributed by atoms with Gasteiger partial charge in [-0.05, 0) is 23.6 Å². The summed E-state index contributed by atoms with van der Waals surface area (Å²) in [4.78, 5) is 12.1. The summed E-state index contributed by atoms with van der Waals surface area (Å²) in [5, 5.41) is 1.98. The number of hydrogen-bond donors (Lipinski definition) is 0. The van der Waals surface area contributed by atoms with Crippen molar-refractivity contribution in [3.63, 3.8) is 0 Å². The van der Waals surface area contributed by atoms with Crippen LogP contribution in [0.3, 0.4) is 0 Å². The summed E-state index contributed by atoms with van der Waals surface area (Å²) in [5.74, 6) is -1.81. The monoisotopic (exact) mass is 272 g/mol. The summed E-state index contributed by atoms with van der Waals surface area (Å²) in [6, 6.07) is 5.09. The van der Waals surface area contributed by atoms with E-state index in [1.807, 2.05) is 0 Å². The van der Waals surface area contributed by atoms with Crippen LogP contribution in [0.25, 0.3) is 0 Å². The normalized spacial score (nSPS) is 10.5. The Morgan fingerprint density at radius 1 is 1.24 bits per heavy atom. The molecule has 88 valence electrons. The highest BCUT2D eigenvalue weighted by Gasteiger charge is 2.17. The summed E-state index contributed by atoms with van der Waals surface area (Å²) in [7, 11) is 0. The van der Waals surface area contributed by atoms with Gasteiger partial charge in [0.05, 0.1) is 9.90 Å². The van der Waals surface area contributed by atoms with Gasteiger partial charge in [-0.15, -0.1) is 11.3 Å². The molecule has 2 rings (SSSR count). The van der Waals surface area contributed by atoms with Gasteiger partial charge in [0.2, 0.25) is 0 Å². The summed E-state index contributed by atoms with van der Waals surface area (Å²) in [5.41, 5.74) is -0.220. The largest absolute Gasteiger partial charge is 0.293 e. The second kappa shape index (κ2) is 4.94. The average Bonchev–Trinajstić information content (AvgIpc) is 2.70. The van der Waals surface area contributed by atoms with E-state index in [9.17, 15) is 13.6 Å². The van der Waals surface area contributed by atoms with Gasteiger partial charge in [0.25, 0.3) is 0 Å². The van der Waals surface area contributed by atoms with Crippen LogP contribution in [0.5, 0.6) is 0 Å². The van der Waals surface area contributed by atoms with Gasteiger partial charge in [-0.2, -0.15) is 0 Å². The highest BCUT2D eigenvalue weighted by Crippen LogP contribution is 2.24. The molecule has 1 nitrogen and oxygen atoms in total. The Balaban J connectivity index is 2.28. The number of thiophene rings is 1. The lowest BCUT2D eigenvalue weighted by Gasteiger charge is -2.03. The summed E-state index contributed by atoms with van der Waals surface area (Å²) in [6.07, 6.45) is -0.321. The Hall–Kier alpha value is -1.26. The van der Waals surface area contributed by atoms with E-state index in [1.165, 1.54) is 6.07 Å². The first kappa shape index (κ1) is 12.2. The zero-order chi connectivity index (χ0) is 12.4. The fraction of sp³-hybridized carbons (Fsp3) is 0.0833. The van der Waals surface area contributed by atoms with E-state index >= 15 is 0 Å². The molecule has 17 heavy (non-hydrogen) atoms. The number of carbonyl (C=O) groups is 1. The molecule has 0 aliphatic rings. The van der Waals surface area contributed by atoms with Crippen LogP contribution in [0.2, 0.25) is 5.02 Å². The Kier molecular flexibility index (Phi) is 3.54. The zero-order valence-electron chi connectivity index (χ0n) is 8.54. The molecule has 0 radical (unpaired) electrons. The molecule has 0 amide bonds. The topological polar surface area (TPSA) is 17.1 Å². The van der Waals surface area contributed by atoms with Gasteiger partial charge >= 0.3 is 0 Å². The Bertz CT molecular complexity index is 545. The molecule has 0 aliphatic carbocycles. The number of ketones is 1. The lowest BCUT2D eigenvalue weighted by molar-refractivity contribution is 0.0994. The molecular formula is C12H7ClF2OS. The van der Waals surface area contributed by atoms with Crippen molar-refractivity contribution in [2.24, 2.45) is 0 Å². The number of benzene rings is 1. The number of halogens is 3. The van der Waals surface area contributed by atoms with Gasteiger partial charge in [0.1, 0.15) is 11.6 Å². The van der Waals surface area contributed by atoms with E-state index in [-0.39, 0.29) is 17.8 Å². The number of carbonyl (C=O) groups excluding carboxylic acids is 1. The maximum atomic E-state index is 13.3. The van der Waals surface area contributed by atoms with Crippen LogP contribution in [0.15, 0.2) is 29.6 Å². The van der Waals surface area contributed by atoms with Crippen molar-refractivity contribution in [1.82, 2.24) is 0 Å². The van der Waals surface area contributed by atoms with Gasteiger partial charge in [-0.25, -0.2) is 8.78 Å². The third-order valence-corrected chi connectivity index (χ3v) is 3.65. The first-order chi connectivity index (χ1) is 8.09. The smallest absolute Gasteiger partial charge is 0.178 e. The molecule has 5 heteroatoms. The zero-order valence-corrected chi connectivity index (χ0v) is 10.1. The maximum Gasteiger partial charge on any atom is 0.178 e. The first-order valence-electron chi connectivity index (χ1n) is 4.78. The molecule has 0 unspecified atom stereocenters. The van der Waals surface area contributed by atoms with Crippen LogP contribution in [0.4, 0.5) is 8.78 Å². The van der Waals surface area contributed by atoms with Crippen molar-refractivity contribution in [1.29, 1.82) is 0 Å². The molecule has 0 aliphatic heterocycles. The van der Waals surface area contributed by atoms with Crippen LogP contribution in [0.1, 0.15) is 15.2 Å². The van der Waals surface area contributed by atoms with Crippen molar-refractivity contribution in [3.8, 4) is 0 Å². The molecule has 1 heterocycles. The molecule has 0 bridgehead atoms. The summed E-state index contributed by atoms with van der Waals surface area (Å²) in [6.45, 7) is 0. The first-order valence-corrected chi connectivity index (χ1v) is 6.04. The van der Waals surface area contributed by atoms with E-state index in [1.54, 1.807) is 11.4 Å². The van der Waals surface area contributed by atoms with Gasteiger partial charge in [0, 0.05) is 12.0 Å². The minimum absolute atomic E-state index is 0.220. The van der Waals surface area contributed by atoms with Crippen molar-refractivity contribution >= 4 is 28.7 Å². The molecule has 0 spiro atoms. The van der Waals surface area contributed by atoms with Gasteiger partial charge in [-0.1, -0.05) is 17.7 Å². The fourth-order valence-corrected chi connectivity index (χ4v) is 2.54. The van der Waals surface area contributed by atoms with Gasteiger partial charge in [0.15, 0.2) is 5.78 Å². The van der Waals surface area contributed by atoms with E-state index < -0.39 is 11.6 Å². The molecule has 0 saturated carbocycles. The third kappa shape index (κ3) is 2.53. The van der Waals surface area contributed by atoms with Crippen LogP contribution < -0.4 is 0 Å². The highest BCUT2D eigenvalue weighted by atomic mass is 35.5. The van der Waals surface area contributed by atoms with E-state index in [2.05, 4.69) is 0 Å². The molecule has 2 aromatic rings. The predicted molar refractivity (Wildman–Crippen MR) is 63.7 cm³/mol. The van der Waals surface area contributed by atoms with Crippen molar-refractivity contribution in [2.45, 2.75) is 6.42 Å². The standard InChI is InChI=1S/C12H7ClF2OS/c13-8-4-5-17-12(8)11(16)6-7-9(14)2-1-3-10(7)15/h1-5H,6H2. The number of rotatable bonds is 3. The molecule has 0 N–H and O–H groups in total. The van der Waals surface area contributed by atoms with Crippen molar-refractivity contribution < 1.29 is 13.6 Å². The average molecular weight is 273 g/mol. The second-order valence-corrected chi connectivity index (χ2v) is 4.72. The fourth-order valence-electron chi connectivity index (χ4n) is 1.43. The lowest BCUT2D eigenvalue weighted by Crippen LogP contribution is -2.06. The molecule has 1 aromatic carbocycles. The number of hydrogen-bond acceptors (Lipinski definition) is 2. The van der Waals surface area contributed by atoms with Crippen molar-refractivity contribution in [2.75, 3.05) is 0 Å². The highest BCUT2D eigenvalue weighted by molar-refractivity contribution is 7.12. The molecule has 0 fully saturated rings. The number of Topliss-reactive ketones (excluding diaryl/α,β-unsaturated/α-hetero) is 1. The second-order valence-electron chi connectivity index (χ2n) is 3.40. The summed E-state index contributed by atoms with van der Waals surface area (Å²) >= 11 is 6.94. The van der Waals surface area contributed by atoms with Crippen LogP contribution in [-0.4, -0.2) is 5.78 Å². The Morgan fingerprint density at radius 2 is 1.88 bits per heavy atom. The van der Waals surface area contributed by atoms with E-state index in [4.69, 9.17) is 11.6 Å². The molecule has 0 saturated heterocycles. The van der Waals surface area contributed by atoms with Gasteiger partial charge < -0.3 is 0 Å². The Labute approximate surface area is 106 Å². The minimum atomic E-state index is -0.717. The summed E-state index contributed by atoms with van der Waals surface area (Å²) < 4.78 is 26.7.